The van der Waals surface area contributed by atoms with Crippen molar-refractivity contribution in [1.82, 2.24) is 0 Å². The van der Waals surface area contributed by atoms with Gasteiger partial charge in [-0.25, -0.2) is 4.39 Å². The van der Waals surface area contributed by atoms with Gasteiger partial charge in [-0.3, -0.25) is 5.43 Å². The minimum Gasteiger partial charge on any atom is -0.492 e. The highest BCUT2D eigenvalue weighted by molar-refractivity contribution is 6.37. The van der Waals surface area contributed by atoms with Gasteiger partial charge in [-0.2, -0.15) is 5.10 Å². The quantitative estimate of drug-likeness (QED) is 0.662. The van der Waals surface area contributed by atoms with Crippen molar-refractivity contribution < 1.29 is 9.13 Å². The predicted molar refractivity (Wildman–Crippen MR) is 80.6 cm³/mol. The lowest BCUT2D eigenvalue weighted by Gasteiger charge is -2.08. The van der Waals surface area contributed by atoms with Crippen molar-refractivity contribution in [2.45, 2.75) is 0 Å². The lowest BCUT2D eigenvalue weighted by atomic mass is 10.2. The van der Waals surface area contributed by atoms with Gasteiger partial charge in [-0.05, 0) is 18.2 Å². The fourth-order valence-corrected chi connectivity index (χ4v) is 2.14. The molecule has 2 aromatic rings. The van der Waals surface area contributed by atoms with Gasteiger partial charge in [0.2, 0.25) is 0 Å². The van der Waals surface area contributed by atoms with Crippen LogP contribution in [0.5, 0.6) is 5.75 Å². The molecule has 2 aromatic carbocycles. The maximum Gasteiger partial charge on any atom is 0.176 e. The zero-order valence-electron chi connectivity index (χ0n) is 10.5. The summed E-state index contributed by atoms with van der Waals surface area (Å²) in [5.74, 6) is -0.708. The fourth-order valence-electron chi connectivity index (χ4n) is 1.58. The van der Waals surface area contributed by atoms with E-state index in [1.165, 1.54) is 19.4 Å². The molecule has 0 saturated carbocycles. The van der Waals surface area contributed by atoms with E-state index in [-0.39, 0.29) is 21.4 Å². The van der Waals surface area contributed by atoms with Crippen LogP contribution in [-0.4, -0.2) is 13.3 Å². The topological polar surface area (TPSA) is 33.6 Å². The normalized spacial score (nSPS) is 10.8. The molecule has 0 saturated heterocycles. The molecule has 20 heavy (non-hydrogen) atoms. The summed E-state index contributed by atoms with van der Waals surface area (Å²) in [5.41, 5.74) is 3.66. The summed E-state index contributed by atoms with van der Waals surface area (Å²) in [6.07, 6.45) is 1.28. The fraction of sp³-hybridized carbons (Fsp3) is 0.0714. The molecule has 0 aliphatic carbocycles. The second-order valence-electron chi connectivity index (χ2n) is 3.84. The number of nitrogens with one attached hydrogen (secondary N) is 1. The zero-order chi connectivity index (χ0) is 14.5. The number of benzene rings is 2. The minimum absolute atomic E-state index is 0.0581. The van der Waals surface area contributed by atoms with Crippen LogP contribution in [0, 0.1) is 5.82 Å². The Bertz CT molecular complexity index is 633. The summed E-state index contributed by atoms with van der Waals surface area (Å²) in [7, 11) is 1.33. The molecule has 0 aromatic heterocycles. The van der Waals surface area contributed by atoms with Crippen molar-refractivity contribution in [2.75, 3.05) is 12.5 Å². The van der Waals surface area contributed by atoms with Gasteiger partial charge in [0, 0.05) is 0 Å². The molecule has 0 amide bonds. The van der Waals surface area contributed by atoms with Crippen molar-refractivity contribution >= 4 is 35.1 Å². The van der Waals surface area contributed by atoms with Gasteiger partial charge in [0.05, 0.1) is 34.6 Å². The average Bonchev–Trinajstić information content (AvgIpc) is 2.44. The summed E-state index contributed by atoms with van der Waals surface area (Å²) in [6, 6.07) is 10.7. The maximum absolute atomic E-state index is 14.1. The first-order valence-electron chi connectivity index (χ1n) is 5.69. The lowest BCUT2D eigenvalue weighted by Crippen LogP contribution is -1.98. The Morgan fingerprint density at radius 2 is 1.90 bits per heavy atom. The number of ether oxygens (including phenoxy) is 1. The molecule has 2 rings (SSSR count). The monoisotopic (exact) mass is 312 g/mol. The van der Waals surface area contributed by atoms with E-state index in [2.05, 4.69) is 10.5 Å². The zero-order valence-corrected chi connectivity index (χ0v) is 12.0. The summed E-state index contributed by atoms with van der Waals surface area (Å²) in [6.45, 7) is 0. The molecule has 0 unspecified atom stereocenters. The largest absolute Gasteiger partial charge is 0.492 e. The van der Waals surface area contributed by atoms with E-state index in [0.29, 0.717) is 0 Å². The molecule has 0 radical (unpaired) electrons. The highest BCUT2D eigenvalue weighted by atomic mass is 35.5. The molecule has 104 valence electrons. The molecule has 0 aliphatic rings. The second-order valence-corrected chi connectivity index (χ2v) is 4.65. The van der Waals surface area contributed by atoms with E-state index < -0.39 is 5.82 Å². The Hall–Kier alpha value is -1.78. The van der Waals surface area contributed by atoms with Gasteiger partial charge in [-0.1, -0.05) is 41.4 Å². The van der Waals surface area contributed by atoms with Crippen molar-refractivity contribution in [3.8, 4) is 5.75 Å². The van der Waals surface area contributed by atoms with Crippen molar-refractivity contribution in [1.29, 1.82) is 0 Å². The lowest BCUT2D eigenvalue weighted by molar-refractivity contribution is 0.386. The van der Waals surface area contributed by atoms with Crippen molar-refractivity contribution in [3.05, 3.63) is 57.8 Å². The number of hydrazone groups is 1. The number of para-hydroxylation sites is 1. The molecule has 0 atom stereocenters. The third-order valence-corrected chi connectivity index (χ3v) is 3.12. The molecule has 0 spiro atoms. The van der Waals surface area contributed by atoms with Crippen LogP contribution in [0.2, 0.25) is 10.0 Å². The van der Waals surface area contributed by atoms with Gasteiger partial charge in [0.15, 0.2) is 11.6 Å². The predicted octanol–water partition coefficient (Wildman–Crippen LogP) is 4.59. The number of nitrogens with zero attached hydrogens (tertiary/aromatic N) is 1. The Morgan fingerprint density at radius 3 is 2.55 bits per heavy atom. The van der Waals surface area contributed by atoms with Gasteiger partial charge in [-0.15, -0.1) is 0 Å². The third-order valence-electron chi connectivity index (χ3n) is 2.53. The number of rotatable bonds is 4. The Labute approximate surface area is 126 Å². The summed E-state index contributed by atoms with van der Waals surface area (Å²) >= 11 is 11.8. The first-order valence-corrected chi connectivity index (χ1v) is 6.44. The summed E-state index contributed by atoms with van der Waals surface area (Å²) < 4.78 is 19.0. The average molecular weight is 313 g/mol. The van der Waals surface area contributed by atoms with Crippen LogP contribution in [-0.2, 0) is 0 Å². The number of methoxy groups -OCH3 is 1. The molecule has 0 fully saturated rings. The van der Waals surface area contributed by atoms with Gasteiger partial charge < -0.3 is 4.74 Å². The maximum atomic E-state index is 14.1. The minimum atomic E-state index is -0.649. The van der Waals surface area contributed by atoms with E-state index in [1.54, 1.807) is 0 Å². The van der Waals surface area contributed by atoms with E-state index in [0.717, 1.165) is 5.69 Å². The van der Waals surface area contributed by atoms with Gasteiger partial charge >= 0.3 is 0 Å². The number of anilines is 1. The SMILES string of the molecule is COc1c(Cl)cc(Cl)c(C=NNc2ccccc2)c1F. The van der Waals surface area contributed by atoms with Gasteiger partial charge in [0.25, 0.3) is 0 Å². The van der Waals surface area contributed by atoms with E-state index >= 15 is 0 Å². The van der Waals surface area contributed by atoms with Crippen LogP contribution in [0.4, 0.5) is 10.1 Å². The molecule has 6 heteroatoms. The van der Waals surface area contributed by atoms with Crippen molar-refractivity contribution in [2.24, 2.45) is 5.10 Å². The first kappa shape index (κ1) is 14.6. The van der Waals surface area contributed by atoms with Crippen LogP contribution in [0.3, 0.4) is 0 Å². The molecule has 0 aliphatic heterocycles. The van der Waals surface area contributed by atoms with Crippen molar-refractivity contribution in [3.63, 3.8) is 0 Å². The van der Waals surface area contributed by atoms with Crippen LogP contribution < -0.4 is 10.2 Å². The van der Waals surface area contributed by atoms with Crippen LogP contribution >= 0.6 is 23.2 Å². The van der Waals surface area contributed by atoms with Crippen LogP contribution in [0.25, 0.3) is 0 Å². The standard InChI is InChI=1S/C14H11Cl2FN2O/c1-20-14-12(16)7-11(15)10(13(14)17)8-18-19-9-5-3-2-4-6-9/h2-8,19H,1H3. The van der Waals surface area contributed by atoms with E-state index in [9.17, 15) is 4.39 Å². The molecular formula is C14H11Cl2FN2O. The molecule has 3 nitrogen and oxygen atoms in total. The molecule has 0 bridgehead atoms. The first-order chi connectivity index (χ1) is 9.63. The summed E-state index contributed by atoms with van der Waals surface area (Å²) in [4.78, 5) is 0. The number of hydrogen-bond donors (Lipinski definition) is 1. The van der Waals surface area contributed by atoms with E-state index in [4.69, 9.17) is 27.9 Å². The molecule has 1 N–H and O–H groups in total. The van der Waals surface area contributed by atoms with E-state index in [1.807, 2.05) is 30.3 Å². The smallest absolute Gasteiger partial charge is 0.176 e. The second kappa shape index (κ2) is 6.59. The number of halogens is 3. The van der Waals surface area contributed by atoms with Crippen LogP contribution in [0.15, 0.2) is 41.5 Å². The van der Waals surface area contributed by atoms with Gasteiger partial charge in [0.1, 0.15) is 0 Å². The Morgan fingerprint density at radius 1 is 1.20 bits per heavy atom. The van der Waals surface area contributed by atoms with Crippen LogP contribution in [0.1, 0.15) is 5.56 Å². The highest BCUT2D eigenvalue weighted by Crippen LogP contribution is 2.33. The Kier molecular flexibility index (Phi) is 4.82. The Balaban J connectivity index is 2.25. The molecular weight excluding hydrogens is 302 g/mol. The molecule has 0 heterocycles. The number of hydrogen-bond acceptors (Lipinski definition) is 3. The highest BCUT2D eigenvalue weighted by Gasteiger charge is 2.15. The summed E-state index contributed by atoms with van der Waals surface area (Å²) in [5, 5.41) is 4.21. The third kappa shape index (κ3) is 3.21.